The topological polar surface area (TPSA) is 59.6 Å². The van der Waals surface area contributed by atoms with Crippen molar-refractivity contribution in [3.8, 4) is 0 Å². The van der Waals surface area contributed by atoms with E-state index in [0.717, 1.165) is 44.8 Å². The number of H-pyrrole nitrogens is 1. The average molecular weight is 384 g/mol. The molecule has 0 atom stereocenters. The van der Waals surface area contributed by atoms with E-state index in [4.69, 9.17) is 16.7 Å². The molecule has 0 spiro atoms. The minimum Gasteiger partial charge on any atom is -0.478 e. The molecule has 2 aromatic carbocycles. The van der Waals surface area contributed by atoms with Crippen LogP contribution in [-0.4, -0.2) is 52.0 Å². The Morgan fingerprint density at radius 1 is 1.00 bits per heavy atom. The number of para-hydroxylation sites is 1. The first-order valence-corrected chi connectivity index (χ1v) is 9.49. The Kier molecular flexibility index (Phi) is 5.16. The van der Waals surface area contributed by atoms with Crippen LogP contribution in [0.2, 0.25) is 5.02 Å². The lowest BCUT2D eigenvalue weighted by Crippen LogP contribution is -2.45. The van der Waals surface area contributed by atoms with Gasteiger partial charge in [0.15, 0.2) is 0 Å². The normalized spacial score (nSPS) is 16.0. The van der Waals surface area contributed by atoms with E-state index < -0.39 is 5.97 Å². The maximum absolute atomic E-state index is 11.1. The van der Waals surface area contributed by atoms with Gasteiger partial charge < -0.3 is 10.1 Å². The van der Waals surface area contributed by atoms with Gasteiger partial charge in [-0.2, -0.15) is 0 Å². The predicted octanol–water partition coefficient (Wildman–Crippen LogP) is 3.84. The molecule has 5 nitrogen and oxygen atoms in total. The van der Waals surface area contributed by atoms with Gasteiger partial charge in [-0.3, -0.25) is 9.80 Å². The highest BCUT2D eigenvalue weighted by molar-refractivity contribution is 6.33. The van der Waals surface area contributed by atoms with Gasteiger partial charge in [-0.15, -0.1) is 0 Å². The minimum absolute atomic E-state index is 0.156. The zero-order chi connectivity index (χ0) is 18.8. The number of aromatic nitrogens is 1. The van der Waals surface area contributed by atoms with Crippen LogP contribution in [-0.2, 0) is 13.1 Å². The summed E-state index contributed by atoms with van der Waals surface area (Å²) in [6.45, 7) is 5.71. The summed E-state index contributed by atoms with van der Waals surface area (Å²) in [4.78, 5) is 19.4. The highest BCUT2D eigenvalue weighted by atomic mass is 35.5. The first-order valence-electron chi connectivity index (χ1n) is 9.11. The predicted molar refractivity (Wildman–Crippen MR) is 107 cm³/mol. The Labute approximate surface area is 163 Å². The molecule has 1 saturated heterocycles. The van der Waals surface area contributed by atoms with Gasteiger partial charge in [-0.1, -0.05) is 35.9 Å². The van der Waals surface area contributed by atoms with Crippen LogP contribution < -0.4 is 0 Å². The van der Waals surface area contributed by atoms with Crippen molar-refractivity contribution >= 4 is 28.5 Å². The number of halogens is 1. The lowest BCUT2D eigenvalue weighted by atomic mass is 10.1. The quantitative estimate of drug-likeness (QED) is 0.702. The molecule has 27 heavy (non-hydrogen) atoms. The van der Waals surface area contributed by atoms with Crippen LogP contribution in [0.3, 0.4) is 0 Å². The fourth-order valence-corrected chi connectivity index (χ4v) is 3.94. The number of carboxylic acids is 1. The highest BCUT2D eigenvalue weighted by Crippen LogP contribution is 2.20. The summed E-state index contributed by atoms with van der Waals surface area (Å²) in [5.41, 5.74) is 3.64. The number of fused-ring (bicyclic) bond motifs is 1. The number of carboxylic acid groups (broad SMARTS) is 1. The summed E-state index contributed by atoms with van der Waals surface area (Å²) in [6, 6.07) is 15.8. The third kappa shape index (κ3) is 4.16. The van der Waals surface area contributed by atoms with Gasteiger partial charge in [-0.05, 0) is 35.2 Å². The number of nitrogens with zero attached hydrogens (tertiary/aromatic N) is 2. The van der Waals surface area contributed by atoms with Crippen molar-refractivity contribution in [3.05, 3.63) is 70.4 Å². The summed E-state index contributed by atoms with van der Waals surface area (Å²) in [6.07, 6.45) is 0. The Hall–Kier alpha value is -2.34. The van der Waals surface area contributed by atoms with Crippen LogP contribution in [0, 0.1) is 0 Å². The minimum atomic E-state index is -0.989. The molecule has 4 rings (SSSR count). The first-order chi connectivity index (χ1) is 13.1. The van der Waals surface area contributed by atoms with E-state index in [0.29, 0.717) is 5.02 Å². The fourth-order valence-electron chi connectivity index (χ4n) is 3.65. The molecule has 0 amide bonds. The number of aromatic carboxylic acids is 1. The molecule has 2 heterocycles. The molecule has 1 aliphatic heterocycles. The van der Waals surface area contributed by atoms with Crippen LogP contribution >= 0.6 is 11.6 Å². The average Bonchev–Trinajstić information content (AvgIpc) is 3.05. The van der Waals surface area contributed by atoms with Crippen LogP contribution in [0.1, 0.15) is 21.6 Å². The van der Waals surface area contributed by atoms with Gasteiger partial charge in [0, 0.05) is 50.5 Å². The molecule has 2 N–H and O–H groups in total. The molecule has 0 aliphatic carbocycles. The second-order valence-corrected chi connectivity index (χ2v) is 7.46. The standard InChI is InChI=1S/C21H22ClN3O2/c22-19-11-15(5-6-18(19)21(26)27)13-24-7-9-25(10-8-24)14-17-12-16-3-1-2-4-20(16)23-17/h1-6,11-12,23H,7-10,13-14H2,(H,26,27). The molecule has 0 saturated carbocycles. The van der Waals surface area contributed by atoms with Crippen molar-refractivity contribution in [2.24, 2.45) is 0 Å². The molecular formula is C21H22ClN3O2. The van der Waals surface area contributed by atoms with Crippen molar-refractivity contribution < 1.29 is 9.90 Å². The number of piperazine rings is 1. The van der Waals surface area contributed by atoms with E-state index >= 15 is 0 Å². The maximum atomic E-state index is 11.1. The largest absolute Gasteiger partial charge is 0.478 e. The summed E-state index contributed by atoms with van der Waals surface area (Å²) < 4.78 is 0. The first kappa shape index (κ1) is 18.0. The number of rotatable bonds is 5. The number of nitrogens with one attached hydrogen (secondary N) is 1. The van der Waals surface area contributed by atoms with Crippen LogP contribution in [0.4, 0.5) is 0 Å². The lowest BCUT2D eigenvalue weighted by molar-refractivity contribution is 0.0697. The molecule has 1 fully saturated rings. The molecule has 1 aliphatic rings. The number of hydrogen-bond acceptors (Lipinski definition) is 3. The van der Waals surface area contributed by atoms with E-state index in [1.165, 1.54) is 16.6 Å². The molecule has 0 radical (unpaired) electrons. The van der Waals surface area contributed by atoms with Gasteiger partial charge in [0.05, 0.1) is 10.6 Å². The van der Waals surface area contributed by atoms with Crippen molar-refractivity contribution in [1.82, 2.24) is 14.8 Å². The van der Waals surface area contributed by atoms with Crippen LogP contribution in [0.15, 0.2) is 48.5 Å². The van der Waals surface area contributed by atoms with Gasteiger partial charge in [0.1, 0.15) is 0 Å². The molecule has 3 aromatic rings. The van der Waals surface area contributed by atoms with E-state index in [-0.39, 0.29) is 5.56 Å². The van der Waals surface area contributed by atoms with Gasteiger partial charge in [0.25, 0.3) is 0 Å². The van der Waals surface area contributed by atoms with Crippen molar-refractivity contribution in [3.63, 3.8) is 0 Å². The zero-order valence-electron chi connectivity index (χ0n) is 15.0. The van der Waals surface area contributed by atoms with E-state index in [1.54, 1.807) is 12.1 Å². The van der Waals surface area contributed by atoms with E-state index in [2.05, 4.69) is 45.1 Å². The summed E-state index contributed by atoms with van der Waals surface area (Å²) >= 11 is 6.08. The van der Waals surface area contributed by atoms with Gasteiger partial charge in [-0.25, -0.2) is 4.79 Å². The zero-order valence-corrected chi connectivity index (χ0v) is 15.7. The summed E-state index contributed by atoms with van der Waals surface area (Å²) in [5.74, 6) is -0.989. The third-order valence-corrected chi connectivity index (χ3v) is 5.43. The molecule has 6 heteroatoms. The number of carbonyl (C=O) groups is 1. The van der Waals surface area contributed by atoms with E-state index in [9.17, 15) is 4.79 Å². The molecule has 1 aromatic heterocycles. The monoisotopic (exact) mass is 383 g/mol. The Balaban J connectivity index is 1.32. The Morgan fingerprint density at radius 3 is 2.37 bits per heavy atom. The summed E-state index contributed by atoms with van der Waals surface area (Å²) in [5, 5.41) is 10.6. The Bertz CT molecular complexity index is 928. The van der Waals surface area contributed by atoms with Gasteiger partial charge >= 0.3 is 5.97 Å². The summed E-state index contributed by atoms with van der Waals surface area (Å²) in [7, 11) is 0. The van der Waals surface area contributed by atoms with Crippen molar-refractivity contribution in [1.29, 1.82) is 0 Å². The second-order valence-electron chi connectivity index (χ2n) is 7.05. The van der Waals surface area contributed by atoms with Crippen molar-refractivity contribution in [2.45, 2.75) is 13.1 Å². The molecule has 140 valence electrons. The van der Waals surface area contributed by atoms with Crippen molar-refractivity contribution in [2.75, 3.05) is 26.2 Å². The van der Waals surface area contributed by atoms with Crippen LogP contribution in [0.25, 0.3) is 10.9 Å². The molecule has 0 bridgehead atoms. The highest BCUT2D eigenvalue weighted by Gasteiger charge is 2.18. The Morgan fingerprint density at radius 2 is 1.70 bits per heavy atom. The molecule has 0 unspecified atom stereocenters. The third-order valence-electron chi connectivity index (χ3n) is 5.11. The fraction of sp³-hybridized carbons (Fsp3) is 0.286. The smallest absolute Gasteiger partial charge is 0.337 e. The van der Waals surface area contributed by atoms with Gasteiger partial charge in [0.2, 0.25) is 0 Å². The SMILES string of the molecule is O=C(O)c1ccc(CN2CCN(Cc3cc4ccccc4[nH]3)CC2)cc1Cl. The number of hydrogen-bond donors (Lipinski definition) is 2. The lowest BCUT2D eigenvalue weighted by Gasteiger charge is -2.34. The molecular weight excluding hydrogens is 362 g/mol. The number of benzene rings is 2. The number of aromatic amines is 1. The van der Waals surface area contributed by atoms with E-state index in [1.807, 2.05) is 6.07 Å². The maximum Gasteiger partial charge on any atom is 0.337 e. The van der Waals surface area contributed by atoms with Crippen LogP contribution in [0.5, 0.6) is 0 Å². The second kappa shape index (κ2) is 7.72.